The number of thiazole rings is 1. The Kier molecular flexibility index (Phi) is 3.24. The second-order valence-corrected chi connectivity index (χ2v) is 4.22. The monoisotopic (exact) mass is 250 g/mol. The Morgan fingerprint density at radius 2 is 2.35 bits per heavy atom. The molecule has 1 aromatic heterocycles. The first-order chi connectivity index (χ1) is 8.18. The van der Waals surface area contributed by atoms with Crippen LogP contribution in [0.25, 0.3) is 0 Å². The fourth-order valence-electron chi connectivity index (χ4n) is 1.36. The van der Waals surface area contributed by atoms with Crippen LogP contribution >= 0.6 is 11.3 Å². The average Bonchev–Trinajstić information content (AvgIpc) is 2.78. The molecule has 2 rings (SSSR count). The van der Waals surface area contributed by atoms with Crippen molar-refractivity contribution in [2.24, 2.45) is 0 Å². The van der Waals surface area contributed by atoms with Crippen LogP contribution in [0.15, 0.2) is 29.8 Å². The minimum atomic E-state index is -1.10. The number of aromatic nitrogens is 1. The summed E-state index contributed by atoms with van der Waals surface area (Å²) in [5.41, 5.74) is 5.78. The van der Waals surface area contributed by atoms with Gasteiger partial charge in [0, 0.05) is 17.3 Å². The third-order valence-corrected chi connectivity index (χ3v) is 2.86. The Labute approximate surface area is 101 Å². The summed E-state index contributed by atoms with van der Waals surface area (Å²) in [4.78, 5) is 15.1. The number of carbonyl (C=O) groups is 1. The van der Waals surface area contributed by atoms with Crippen molar-refractivity contribution in [1.29, 1.82) is 0 Å². The summed E-state index contributed by atoms with van der Waals surface area (Å²) in [6.07, 6.45) is 1.67. The van der Waals surface area contributed by atoms with E-state index >= 15 is 0 Å². The van der Waals surface area contributed by atoms with Crippen LogP contribution in [0, 0.1) is 0 Å². The summed E-state index contributed by atoms with van der Waals surface area (Å²) < 4.78 is 5.41. The zero-order valence-electron chi connectivity index (χ0n) is 8.79. The number of ether oxygens (including phenoxy) is 1. The van der Waals surface area contributed by atoms with E-state index < -0.39 is 5.97 Å². The van der Waals surface area contributed by atoms with E-state index in [1.807, 2.05) is 5.38 Å². The third-order valence-electron chi connectivity index (χ3n) is 2.11. The molecule has 0 fully saturated rings. The average molecular weight is 250 g/mol. The van der Waals surface area contributed by atoms with Crippen LogP contribution in [0.5, 0.6) is 5.75 Å². The van der Waals surface area contributed by atoms with E-state index in [4.69, 9.17) is 15.6 Å². The van der Waals surface area contributed by atoms with Gasteiger partial charge < -0.3 is 15.6 Å². The molecule has 0 radical (unpaired) electrons. The minimum absolute atomic E-state index is 0.0101. The molecule has 0 atom stereocenters. The summed E-state index contributed by atoms with van der Waals surface area (Å²) in [6, 6.07) is 4.76. The van der Waals surface area contributed by atoms with Crippen LogP contribution in [0.2, 0.25) is 0 Å². The Bertz CT molecular complexity index is 526. The number of rotatable bonds is 4. The molecule has 0 saturated carbocycles. The number of hydrogen-bond donors (Lipinski definition) is 2. The Hall–Kier alpha value is -2.08. The van der Waals surface area contributed by atoms with Crippen LogP contribution < -0.4 is 10.5 Å². The van der Waals surface area contributed by atoms with Crippen molar-refractivity contribution in [3.05, 3.63) is 40.3 Å². The Balaban J connectivity index is 2.21. The van der Waals surface area contributed by atoms with E-state index in [0.717, 1.165) is 5.01 Å². The maximum atomic E-state index is 11.0. The van der Waals surface area contributed by atoms with Gasteiger partial charge in [0.15, 0.2) is 0 Å². The summed E-state index contributed by atoms with van der Waals surface area (Å²) in [7, 11) is 0. The van der Waals surface area contributed by atoms with Gasteiger partial charge in [-0.15, -0.1) is 11.3 Å². The summed E-state index contributed by atoms with van der Waals surface area (Å²) in [6.45, 7) is 0.238. The van der Waals surface area contributed by atoms with Gasteiger partial charge in [0.2, 0.25) is 0 Å². The van der Waals surface area contributed by atoms with Crippen LogP contribution in [-0.4, -0.2) is 16.1 Å². The molecule has 0 amide bonds. The lowest BCUT2D eigenvalue weighted by molar-refractivity contribution is 0.0693. The van der Waals surface area contributed by atoms with Gasteiger partial charge in [0.25, 0.3) is 0 Å². The highest BCUT2D eigenvalue weighted by atomic mass is 32.1. The molecule has 5 nitrogen and oxygen atoms in total. The molecule has 1 heterocycles. The lowest BCUT2D eigenvalue weighted by Crippen LogP contribution is -2.06. The van der Waals surface area contributed by atoms with Gasteiger partial charge in [-0.05, 0) is 12.1 Å². The first-order valence-corrected chi connectivity index (χ1v) is 5.69. The summed E-state index contributed by atoms with van der Waals surface area (Å²) >= 11 is 1.45. The van der Waals surface area contributed by atoms with Crippen molar-refractivity contribution in [2.75, 3.05) is 5.73 Å². The quantitative estimate of drug-likeness (QED) is 0.810. The summed E-state index contributed by atoms with van der Waals surface area (Å²) in [5.74, 6) is -0.843. The largest absolute Gasteiger partial charge is 0.485 e. The lowest BCUT2D eigenvalue weighted by atomic mass is 10.1. The van der Waals surface area contributed by atoms with E-state index in [-0.39, 0.29) is 23.6 Å². The SMILES string of the molecule is Nc1cccc(OCc2nccs2)c1C(=O)O. The van der Waals surface area contributed by atoms with Gasteiger partial charge in [-0.25, -0.2) is 9.78 Å². The summed E-state index contributed by atoms with van der Waals surface area (Å²) in [5, 5.41) is 11.6. The first kappa shape index (κ1) is 11.4. The molecule has 0 spiro atoms. The van der Waals surface area contributed by atoms with Crippen LogP contribution in [0.3, 0.4) is 0 Å². The van der Waals surface area contributed by atoms with Crippen molar-refractivity contribution in [3.63, 3.8) is 0 Å². The molecule has 0 aliphatic carbocycles. The molecule has 0 aliphatic heterocycles. The van der Waals surface area contributed by atoms with Crippen molar-refractivity contribution >= 4 is 23.0 Å². The highest BCUT2D eigenvalue weighted by Gasteiger charge is 2.15. The van der Waals surface area contributed by atoms with Crippen LogP contribution in [0.1, 0.15) is 15.4 Å². The molecular formula is C11H10N2O3S. The van der Waals surface area contributed by atoms with Crippen molar-refractivity contribution in [1.82, 2.24) is 4.98 Å². The molecule has 88 valence electrons. The maximum Gasteiger partial charge on any atom is 0.341 e. The van der Waals surface area contributed by atoms with Crippen molar-refractivity contribution < 1.29 is 14.6 Å². The zero-order chi connectivity index (χ0) is 12.3. The van der Waals surface area contributed by atoms with Crippen LogP contribution in [0.4, 0.5) is 5.69 Å². The van der Waals surface area contributed by atoms with Crippen molar-refractivity contribution in [2.45, 2.75) is 6.61 Å². The van der Waals surface area contributed by atoms with Crippen molar-refractivity contribution in [3.8, 4) is 5.75 Å². The predicted octanol–water partition coefficient (Wildman–Crippen LogP) is 2.00. The maximum absolute atomic E-state index is 11.0. The second kappa shape index (κ2) is 4.84. The van der Waals surface area contributed by atoms with E-state index in [1.54, 1.807) is 18.3 Å². The standard InChI is InChI=1S/C11H10N2O3S/c12-7-2-1-3-8(10(7)11(14)15)16-6-9-13-4-5-17-9/h1-5H,6,12H2,(H,14,15). The highest BCUT2D eigenvalue weighted by Crippen LogP contribution is 2.25. The van der Waals surface area contributed by atoms with Gasteiger partial charge in [-0.1, -0.05) is 6.07 Å². The fourth-order valence-corrected chi connectivity index (χ4v) is 1.89. The number of nitrogen functional groups attached to an aromatic ring is 1. The van der Waals surface area contributed by atoms with Gasteiger partial charge in [0.05, 0.1) is 0 Å². The molecule has 0 aliphatic rings. The lowest BCUT2D eigenvalue weighted by Gasteiger charge is -2.09. The number of nitrogens with two attached hydrogens (primary N) is 1. The molecule has 17 heavy (non-hydrogen) atoms. The van der Waals surface area contributed by atoms with Crippen LogP contribution in [-0.2, 0) is 6.61 Å². The second-order valence-electron chi connectivity index (χ2n) is 3.24. The molecule has 0 bridgehead atoms. The Morgan fingerprint density at radius 1 is 1.53 bits per heavy atom. The zero-order valence-corrected chi connectivity index (χ0v) is 9.61. The fraction of sp³-hybridized carbons (Fsp3) is 0.0909. The number of carboxylic acids is 1. The molecule has 0 unspecified atom stereocenters. The third kappa shape index (κ3) is 2.54. The van der Waals surface area contributed by atoms with Gasteiger partial charge >= 0.3 is 5.97 Å². The minimum Gasteiger partial charge on any atom is -0.485 e. The number of nitrogens with zero attached hydrogens (tertiary/aromatic N) is 1. The number of anilines is 1. The molecule has 1 aromatic carbocycles. The smallest absolute Gasteiger partial charge is 0.341 e. The first-order valence-electron chi connectivity index (χ1n) is 4.81. The van der Waals surface area contributed by atoms with Gasteiger partial charge in [0.1, 0.15) is 22.9 Å². The van der Waals surface area contributed by atoms with E-state index in [0.29, 0.717) is 0 Å². The topological polar surface area (TPSA) is 85.4 Å². The number of aromatic carboxylic acids is 1. The van der Waals surface area contributed by atoms with Gasteiger partial charge in [-0.3, -0.25) is 0 Å². The highest BCUT2D eigenvalue weighted by molar-refractivity contribution is 7.09. The molecule has 2 aromatic rings. The number of carboxylic acid groups (broad SMARTS) is 1. The van der Waals surface area contributed by atoms with E-state index in [1.165, 1.54) is 17.4 Å². The van der Waals surface area contributed by atoms with E-state index in [2.05, 4.69) is 4.98 Å². The number of benzene rings is 1. The molecular weight excluding hydrogens is 240 g/mol. The molecule has 0 saturated heterocycles. The van der Waals surface area contributed by atoms with Gasteiger partial charge in [-0.2, -0.15) is 0 Å². The number of hydrogen-bond acceptors (Lipinski definition) is 5. The molecule has 6 heteroatoms. The predicted molar refractivity (Wildman–Crippen MR) is 64.3 cm³/mol. The normalized spacial score (nSPS) is 10.1. The Morgan fingerprint density at radius 3 is 3.00 bits per heavy atom. The molecule has 3 N–H and O–H groups in total. The van der Waals surface area contributed by atoms with E-state index in [9.17, 15) is 4.79 Å².